The van der Waals surface area contributed by atoms with E-state index in [1.807, 2.05) is 0 Å². The van der Waals surface area contributed by atoms with E-state index in [2.05, 4.69) is 10.2 Å². The number of halogens is 4. The van der Waals surface area contributed by atoms with Crippen LogP contribution in [-0.4, -0.2) is 16.8 Å². The molecule has 3 aromatic rings. The minimum atomic E-state index is -4.57. The molecule has 2 aromatic carbocycles. The Morgan fingerprint density at radius 3 is 2.41 bits per heavy atom. The molecule has 9 heteroatoms. The van der Waals surface area contributed by atoms with Gasteiger partial charge in [-0.15, -0.1) is 10.2 Å². The quantitative estimate of drug-likeness (QED) is 0.294. The molecule has 0 radical (unpaired) electrons. The van der Waals surface area contributed by atoms with Gasteiger partial charge in [0.1, 0.15) is 21.6 Å². The van der Waals surface area contributed by atoms with Crippen LogP contribution in [0.1, 0.15) is 49.2 Å². The molecular formula is C23H25F4N3OS. The van der Waals surface area contributed by atoms with E-state index in [4.69, 9.17) is 10.5 Å². The summed E-state index contributed by atoms with van der Waals surface area (Å²) in [5, 5.41) is 8.88. The number of ether oxygens (including phenoxy) is 1. The lowest BCUT2D eigenvalue weighted by Gasteiger charge is -2.15. The second kappa shape index (κ2) is 9.95. The molecular weight excluding hydrogens is 442 g/mol. The average Bonchev–Trinajstić information content (AvgIpc) is 3.22. The van der Waals surface area contributed by atoms with Gasteiger partial charge in [0.2, 0.25) is 0 Å². The minimum absolute atomic E-state index is 0.143. The summed E-state index contributed by atoms with van der Waals surface area (Å²) in [6.45, 7) is 3.65. The third-order valence-electron chi connectivity index (χ3n) is 4.81. The molecule has 172 valence electrons. The van der Waals surface area contributed by atoms with E-state index in [9.17, 15) is 17.6 Å². The average molecular weight is 468 g/mol. The van der Waals surface area contributed by atoms with Crippen molar-refractivity contribution in [1.82, 2.24) is 10.2 Å². The summed E-state index contributed by atoms with van der Waals surface area (Å²) in [5.41, 5.74) is 5.36. The summed E-state index contributed by atoms with van der Waals surface area (Å²) in [6.07, 6.45) is -1.98. The predicted octanol–water partition coefficient (Wildman–Crippen LogP) is 6.35. The Kier molecular flexibility index (Phi) is 7.51. The molecule has 0 aliphatic carbocycles. The molecule has 32 heavy (non-hydrogen) atoms. The van der Waals surface area contributed by atoms with Gasteiger partial charge in [-0.05, 0) is 69.4 Å². The van der Waals surface area contributed by atoms with Crippen LogP contribution >= 0.6 is 11.3 Å². The van der Waals surface area contributed by atoms with Gasteiger partial charge in [0.05, 0.1) is 17.7 Å². The van der Waals surface area contributed by atoms with E-state index in [-0.39, 0.29) is 18.2 Å². The van der Waals surface area contributed by atoms with Crippen LogP contribution in [0.3, 0.4) is 0 Å². The summed E-state index contributed by atoms with van der Waals surface area (Å²) < 4.78 is 59.9. The lowest BCUT2D eigenvalue weighted by molar-refractivity contribution is -0.138. The van der Waals surface area contributed by atoms with Crippen LogP contribution in [0.5, 0.6) is 5.75 Å². The highest BCUT2D eigenvalue weighted by Crippen LogP contribution is 2.39. The molecule has 0 aliphatic rings. The van der Waals surface area contributed by atoms with Gasteiger partial charge in [0.25, 0.3) is 0 Å². The third-order valence-corrected chi connectivity index (χ3v) is 6.13. The molecule has 0 atom stereocenters. The summed E-state index contributed by atoms with van der Waals surface area (Å²) in [6, 6.07) is 10.4. The highest BCUT2D eigenvalue weighted by atomic mass is 32.1. The zero-order valence-corrected chi connectivity index (χ0v) is 18.7. The van der Waals surface area contributed by atoms with Gasteiger partial charge < -0.3 is 10.5 Å². The van der Waals surface area contributed by atoms with Gasteiger partial charge >= 0.3 is 6.18 Å². The number of aromatic nitrogens is 2. The SMILES string of the molecule is CC(C)(N)c1nnc(-c2ccc(OCCCCCc3ccccc3F)c(C(F)(F)F)c2)s1. The molecule has 0 bridgehead atoms. The van der Waals surface area contributed by atoms with Crippen LogP contribution in [0.2, 0.25) is 0 Å². The number of hydrogen-bond donors (Lipinski definition) is 1. The van der Waals surface area contributed by atoms with Crippen molar-refractivity contribution in [3.05, 3.63) is 64.4 Å². The summed E-state index contributed by atoms with van der Waals surface area (Å²) in [5.74, 6) is -0.463. The van der Waals surface area contributed by atoms with E-state index < -0.39 is 17.3 Å². The van der Waals surface area contributed by atoms with E-state index in [0.29, 0.717) is 34.0 Å². The summed E-state index contributed by atoms with van der Waals surface area (Å²) >= 11 is 1.16. The molecule has 0 aliphatic heterocycles. The lowest BCUT2D eigenvalue weighted by Crippen LogP contribution is -2.28. The van der Waals surface area contributed by atoms with Crippen molar-refractivity contribution in [2.75, 3.05) is 6.61 Å². The first kappa shape index (κ1) is 24.1. The maximum atomic E-state index is 13.6. The molecule has 2 N–H and O–H groups in total. The number of nitrogens with zero attached hydrogens (tertiary/aromatic N) is 2. The fourth-order valence-corrected chi connectivity index (χ4v) is 3.94. The van der Waals surface area contributed by atoms with Gasteiger partial charge in [-0.2, -0.15) is 13.2 Å². The highest BCUT2D eigenvalue weighted by molar-refractivity contribution is 7.14. The van der Waals surface area contributed by atoms with Crippen molar-refractivity contribution in [3.63, 3.8) is 0 Å². The Labute approximate surface area is 188 Å². The van der Waals surface area contributed by atoms with Crippen LogP contribution in [0.4, 0.5) is 17.6 Å². The van der Waals surface area contributed by atoms with Crippen molar-refractivity contribution in [2.24, 2.45) is 5.73 Å². The van der Waals surface area contributed by atoms with E-state index in [1.54, 1.807) is 32.0 Å². The lowest BCUT2D eigenvalue weighted by atomic mass is 10.1. The Bertz CT molecular complexity index is 1040. The zero-order valence-electron chi connectivity index (χ0n) is 17.9. The standard InChI is InChI=1S/C23H25F4N3OS/c1-22(2,28)21-30-29-20(32-21)16-11-12-19(17(14-16)23(25,26)27)31-13-7-3-4-8-15-9-5-6-10-18(15)24/h5-6,9-12,14H,3-4,7-8,13,28H2,1-2H3. The van der Waals surface area contributed by atoms with Crippen LogP contribution in [0.25, 0.3) is 10.6 Å². The van der Waals surface area contributed by atoms with Crippen molar-refractivity contribution >= 4 is 11.3 Å². The largest absolute Gasteiger partial charge is 0.493 e. The number of rotatable bonds is 9. The first-order valence-corrected chi connectivity index (χ1v) is 11.1. The van der Waals surface area contributed by atoms with Gasteiger partial charge in [0.15, 0.2) is 0 Å². The molecule has 0 unspecified atom stereocenters. The molecule has 0 saturated carbocycles. The Hall–Kier alpha value is -2.52. The van der Waals surface area contributed by atoms with Crippen molar-refractivity contribution in [1.29, 1.82) is 0 Å². The van der Waals surface area contributed by atoms with Gasteiger partial charge in [-0.25, -0.2) is 4.39 Å². The first-order chi connectivity index (χ1) is 15.1. The molecule has 3 rings (SSSR count). The number of unbranched alkanes of at least 4 members (excludes halogenated alkanes) is 2. The molecule has 0 saturated heterocycles. The highest BCUT2D eigenvalue weighted by Gasteiger charge is 2.35. The minimum Gasteiger partial charge on any atom is -0.493 e. The second-order valence-corrected chi connectivity index (χ2v) is 9.07. The fraction of sp³-hybridized carbons (Fsp3) is 0.391. The van der Waals surface area contributed by atoms with Crippen molar-refractivity contribution in [2.45, 2.75) is 51.2 Å². The predicted molar refractivity (Wildman–Crippen MR) is 117 cm³/mol. The van der Waals surface area contributed by atoms with Crippen LogP contribution in [0, 0.1) is 5.82 Å². The van der Waals surface area contributed by atoms with Gasteiger partial charge in [-0.3, -0.25) is 0 Å². The topological polar surface area (TPSA) is 61.0 Å². The Balaban J connectivity index is 1.61. The van der Waals surface area contributed by atoms with Gasteiger partial charge in [0, 0.05) is 5.56 Å². The third kappa shape index (κ3) is 6.26. The molecule has 1 heterocycles. The number of nitrogens with two attached hydrogens (primary N) is 1. The normalized spacial score (nSPS) is 12.2. The smallest absolute Gasteiger partial charge is 0.419 e. The zero-order chi connectivity index (χ0) is 23.4. The second-order valence-electron chi connectivity index (χ2n) is 8.09. The Morgan fingerprint density at radius 2 is 1.75 bits per heavy atom. The van der Waals surface area contributed by atoms with Crippen LogP contribution in [-0.2, 0) is 18.1 Å². The molecule has 0 amide bonds. The van der Waals surface area contributed by atoms with Crippen LogP contribution in [0.15, 0.2) is 42.5 Å². The molecule has 1 aromatic heterocycles. The molecule has 0 fully saturated rings. The van der Waals surface area contributed by atoms with E-state index >= 15 is 0 Å². The number of alkyl halides is 3. The maximum Gasteiger partial charge on any atom is 0.419 e. The van der Waals surface area contributed by atoms with E-state index in [0.717, 1.165) is 30.2 Å². The van der Waals surface area contributed by atoms with Crippen molar-refractivity contribution < 1.29 is 22.3 Å². The van der Waals surface area contributed by atoms with Crippen LogP contribution < -0.4 is 10.5 Å². The number of benzene rings is 2. The maximum absolute atomic E-state index is 13.6. The van der Waals surface area contributed by atoms with E-state index in [1.165, 1.54) is 18.2 Å². The van der Waals surface area contributed by atoms with Gasteiger partial charge in [-0.1, -0.05) is 29.5 Å². The molecule has 4 nitrogen and oxygen atoms in total. The monoisotopic (exact) mass is 467 g/mol. The number of aryl methyl sites for hydroxylation is 1. The summed E-state index contributed by atoms with van der Waals surface area (Å²) in [4.78, 5) is 0. The number of hydrogen-bond acceptors (Lipinski definition) is 5. The molecule has 0 spiro atoms. The first-order valence-electron chi connectivity index (χ1n) is 10.3. The van der Waals surface area contributed by atoms with Crippen molar-refractivity contribution in [3.8, 4) is 16.3 Å². The fourth-order valence-electron chi connectivity index (χ4n) is 3.09. The Morgan fingerprint density at radius 1 is 1.00 bits per heavy atom. The summed E-state index contributed by atoms with van der Waals surface area (Å²) in [7, 11) is 0.